The number of halogens is 1. The summed E-state index contributed by atoms with van der Waals surface area (Å²) >= 11 is 5.94. The number of oxazole rings is 1. The van der Waals surface area contributed by atoms with E-state index in [-0.39, 0.29) is 5.75 Å². The number of aromatic hydroxyl groups is 1. The van der Waals surface area contributed by atoms with Crippen LogP contribution < -0.4 is 0 Å². The van der Waals surface area contributed by atoms with Crippen molar-refractivity contribution in [2.45, 2.75) is 0 Å². The highest BCUT2D eigenvalue weighted by atomic mass is 35.5. The van der Waals surface area contributed by atoms with Gasteiger partial charge < -0.3 is 9.52 Å². The van der Waals surface area contributed by atoms with Gasteiger partial charge in [-0.1, -0.05) is 29.8 Å². The van der Waals surface area contributed by atoms with E-state index < -0.39 is 0 Å². The van der Waals surface area contributed by atoms with E-state index >= 15 is 0 Å². The minimum absolute atomic E-state index is 0.127. The van der Waals surface area contributed by atoms with Gasteiger partial charge in [-0.25, -0.2) is 4.98 Å². The van der Waals surface area contributed by atoms with Crippen molar-refractivity contribution in [3.63, 3.8) is 0 Å². The number of fused-ring (bicyclic) bond motifs is 1. The van der Waals surface area contributed by atoms with E-state index in [1.54, 1.807) is 18.3 Å². The third-order valence-corrected chi connectivity index (χ3v) is 3.97. The molecule has 0 aliphatic heterocycles. The van der Waals surface area contributed by atoms with Gasteiger partial charge in [0.1, 0.15) is 11.3 Å². The monoisotopic (exact) mass is 348 g/mol. The smallest absolute Gasteiger partial charge is 0.227 e. The van der Waals surface area contributed by atoms with Crippen LogP contribution in [-0.2, 0) is 0 Å². The maximum Gasteiger partial charge on any atom is 0.227 e. The fourth-order valence-electron chi connectivity index (χ4n) is 2.47. The molecule has 3 aromatic carbocycles. The van der Waals surface area contributed by atoms with Crippen LogP contribution in [0.1, 0.15) is 5.56 Å². The number of phenolic OH excluding ortho intramolecular Hbond substituents is 1. The van der Waals surface area contributed by atoms with Gasteiger partial charge in [-0.05, 0) is 48.5 Å². The lowest BCUT2D eigenvalue weighted by Crippen LogP contribution is -1.82. The second-order valence-corrected chi connectivity index (χ2v) is 5.93. The SMILES string of the molecule is Oc1ccc(Cl)cc1C=Nc1ccc2oc(-c3ccccc3)nc2c1. The zero-order valence-corrected chi connectivity index (χ0v) is 13.8. The molecule has 0 saturated carbocycles. The maximum absolute atomic E-state index is 9.84. The molecule has 0 radical (unpaired) electrons. The molecule has 0 saturated heterocycles. The Hall–Kier alpha value is -3.11. The first-order valence-corrected chi connectivity index (χ1v) is 8.05. The van der Waals surface area contributed by atoms with Crippen molar-refractivity contribution in [2.75, 3.05) is 0 Å². The Morgan fingerprint density at radius 3 is 2.68 bits per heavy atom. The van der Waals surface area contributed by atoms with Gasteiger partial charge in [-0.2, -0.15) is 0 Å². The van der Waals surface area contributed by atoms with Crippen molar-refractivity contribution >= 4 is 34.6 Å². The summed E-state index contributed by atoms with van der Waals surface area (Å²) in [5.41, 5.74) is 3.61. The number of aromatic nitrogens is 1. The van der Waals surface area contributed by atoms with Crippen molar-refractivity contribution in [3.05, 3.63) is 77.3 Å². The fourth-order valence-corrected chi connectivity index (χ4v) is 2.65. The van der Waals surface area contributed by atoms with Crippen molar-refractivity contribution in [2.24, 2.45) is 4.99 Å². The topological polar surface area (TPSA) is 58.6 Å². The van der Waals surface area contributed by atoms with Gasteiger partial charge in [-0.15, -0.1) is 0 Å². The lowest BCUT2D eigenvalue weighted by atomic mass is 10.2. The molecule has 25 heavy (non-hydrogen) atoms. The van der Waals surface area contributed by atoms with Crippen LogP contribution in [0.2, 0.25) is 5.02 Å². The first-order valence-electron chi connectivity index (χ1n) is 7.68. The summed E-state index contributed by atoms with van der Waals surface area (Å²) in [6, 6.07) is 20.1. The van der Waals surface area contributed by atoms with Gasteiger partial charge in [0.15, 0.2) is 5.58 Å². The highest BCUT2D eigenvalue weighted by Gasteiger charge is 2.08. The lowest BCUT2D eigenvalue weighted by Gasteiger charge is -1.99. The minimum atomic E-state index is 0.127. The number of aliphatic imine (C=N–C) groups is 1. The second-order valence-electron chi connectivity index (χ2n) is 5.50. The Morgan fingerprint density at radius 2 is 1.84 bits per heavy atom. The van der Waals surface area contributed by atoms with Gasteiger partial charge in [0.2, 0.25) is 5.89 Å². The zero-order chi connectivity index (χ0) is 17.2. The van der Waals surface area contributed by atoms with Crippen LogP contribution in [0.15, 0.2) is 76.1 Å². The quantitative estimate of drug-likeness (QED) is 0.490. The van der Waals surface area contributed by atoms with Crippen LogP contribution in [0.5, 0.6) is 5.75 Å². The highest BCUT2D eigenvalue weighted by molar-refractivity contribution is 6.30. The average molecular weight is 349 g/mol. The summed E-state index contributed by atoms with van der Waals surface area (Å²) < 4.78 is 5.79. The van der Waals surface area contributed by atoms with E-state index in [1.165, 1.54) is 6.07 Å². The van der Waals surface area contributed by atoms with Gasteiger partial charge in [0.25, 0.3) is 0 Å². The number of hydrogen-bond acceptors (Lipinski definition) is 4. The summed E-state index contributed by atoms with van der Waals surface area (Å²) in [6.07, 6.45) is 1.57. The van der Waals surface area contributed by atoms with Crippen molar-refractivity contribution in [1.29, 1.82) is 0 Å². The molecule has 4 nitrogen and oxygen atoms in total. The second kappa shape index (κ2) is 6.42. The van der Waals surface area contributed by atoms with Crippen molar-refractivity contribution < 1.29 is 9.52 Å². The molecule has 4 rings (SSSR count). The Labute approximate surface area is 149 Å². The Morgan fingerprint density at radius 1 is 1.00 bits per heavy atom. The van der Waals surface area contributed by atoms with E-state index in [9.17, 15) is 5.11 Å². The molecule has 0 aliphatic rings. The molecule has 0 bridgehead atoms. The normalized spacial score (nSPS) is 11.4. The lowest BCUT2D eigenvalue weighted by molar-refractivity contribution is 0.474. The summed E-state index contributed by atoms with van der Waals surface area (Å²) in [5.74, 6) is 0.700. The molecule has 0 amide bonds. The van der Waals surface area contributed by atoms with Crippen LogP contribution in [0.3, 0.4) is 0 Å². The molecule has 4 aromatic rings. The van der Waals surface area contributed by atoms with Gasteiger partial charge in [-0.3, -0.25) is 4.99 Å². The molecular weight excluding hydrogens is 336 g/mol. The van der Waals surface area contributed by atoms with Gasteiger partial charge in [0, 0.05) is 22.4 Å². The van der Waals surface area contributed by atoms with Gasteiger partial charge >= 0.3 is 0 Å². The van der Waals surface area contributed by atoms with Crippen LogP contribution in [0, 0.1) is 0 Å². The Bertz CT molecular complexity index is 1070. The molecular formula is C20H13ClN2O2. The van der Waals surface area contributed by atoms with Gasteiger partial charge in [0.05, 0.1) is 5.69 Å². The maximum atomic E-state index is 9.84. The Balaban J connectivity index is 1.67. The summed E-state index contributed by atoms with van der Waals surface area (Å²) in [7, 11) is 0. The van der Waals surface area contributed by atoms with Crippen LogP contribution in [0.4, 0.5) is 5.69 Å². The predicted octanol–water partition coefficient (Wildman–Crippen LogP) is 5.60. The zero-order valence-electron chi connectivity index (χ0n) is 13.1. The number of benzene rings is 3. The summed E-state index contributed by atoms with van der Waals surface area (Å²) in [5, 5.41) is 10.4. The van der Waals surface area contributed by atoms with E-state index in [2.05, 4.69) is 9.98 Å². The fraction of sp³-hybridized carbons (Fsp3) is 0. The molecule has 1 heterocycles. The standard InChI is InChI=1S/C20H13ClN2O2/c21-15-6-8-18(24)14(10-15)12-22-16-7-9-19-17(11-16)23-20(25-19)13-4-2-1-3-5-13/h1-12,24H. The Kier molecular flexibility index (Phi) is 3.96. The molecule has 1 aromatic heterocycles. The molecule has 0 unspecified atom stereocenters. The number of nitrogens with zero attached hydrogens (tertiary/aromatic N) is 2. The highest BCUT2D eigenvalue weighted by Crippen LogP contribution is 2.27. The first kappa shape index (κ1) is 15.4. The molecule has 0 aliphatic carbocycles. The third-order valence-electron chi connectivity index (χ3n) is 3.73. The van der Waals surface area contributed by atoms with E-state index in [4.69, 9.17) is 16.0 Å². The molecule has 0 atom stereocenters. The van der Waals surface area contributed by atoms with E-state index in [1.807, 2.05) is 48.5 Å². The summed E-state index contributed by atoms with van der Waals surface area (Å²) in [4.78, 5) is 8.90. The van der Waals surface area contributed by atoms with E-state index in [0.29, 0.717) is 27.7 Å². The first-order chi connectivity index (χ1) is 12.2. The largest absolute Gasteiger partial charge is 0.507 e. The average Bonchev–Trinajstić information content (AvgIpc) is 3.06. The molecule has 0 spiro atoms. The minimum Gasteiger partial charge on any atom is -0.507 e. The van der Waals surface area contributed by atoms with Crippen LogP contribution in [0.25, 0.3) is 22.6 Å². The predicted molar refractivity (Wildman–Crippen MR) is 99.8 cm³/mol. The number of rotatable bonds is 3. The third kappa shape index (κ3) is 3.25. The summed E-state index contributed by atoms with van der Waals surface area (Å²) in [6.45, 7) is 0. The van der Waals surface area contributed by atoms with Crippen LogP contribution in [-0.4, -0.2) is 16.3 Å². The van der Waals surface area contributed by atoms with E-state index in [0.717, 1.165) is 11.1 Å². The molecule has 122 valence electrons. The molecule has 1 N–H and O–H groups in total. The molecule has 0 fully saturated rings. The van der Waals surface area contributed by atoms with Crippen molar-refractivity contribution in [1.82, 2.24) is 4.98 Å². The molecule has 5 heteroatoms. The van der Waals surface area contributed by atoms with Crippen LogP contribution >= 0.6 is 11.6 Å². The number of hydrogen-bond donors (Lipinski definition) is 1. The number of phenols is 1. The van der Waals surface area contributed by atoms with Crippen molar-refractivity contribution in [3.8, 4) is 17.2 Å².